The van der Waals surface area contributed by atoms with E-state index in [9.17, 15) is 13.2 Å². The summed E-state index contributed by atoms with van der Waals surface area (Å²) in [5, 5.41) is 1.36. The molecule has 0 N–H and O–H groups in total. The van der Waals surface area contributed by atoms with Gasteiger partial charge in [-0.25, -0.2) is 0 Å². The minimum absolute atomic E-state index is 0.602. The van der Waals surface area contributed by atoms with Crippen molar-refractivity contribution in [2.24, 2.45) is 0 Å². The fourth-order valence-electron chi connectivity index (χ4n) is 1.09. The van der Waals surface area contributed by atoms with Crippen molar-refractivity contribution in [1.82, 2.24) is 0 Å². The Labute approximate surface area is 127 Å². The Bertz CT molecular complexity index is 465. The predicted octanol–water partition coefficient (Wildman–Crippen LogP) is 6.73. The van der Waals surface area contributed by atoms with Crippen LogP contribution in [0, 0.1) is 0 Å². The van der Waals surface area contributed by atoms with Gasteiger partial charge in [-0.2, -0.15) is 13.2 Å². The zero-order chi connectivity index (χ0) is 15.6. The zero-order valence-corrected chi connectivity index (χ0v) is 12.6. The highest BCUT2D eigenvalue weighted by Crippen LogP contribution is 2.28. The molecule has 0 bridgehead atoms. The van der Waals surface area contributed by atoms with Crippen molar-refractivity contribution < 1.29 is 13.2 Å². The Morgan fingerprint density at radius 1 is 0.750 bits per heavy atom. The Morgan fingerprint density at radius 2 is 1.20 bits per heavy atom. The third-order valence-electron chi connectivity index (χ3n) is 1.89. The SMILES string of the molecule is CC.Clc1cccc(Cl)c1.FC(F)(F)c1ccccc1. The van der Waals surface area contributed by atoms with E-state index in [1.807, 2.05) is 19.9 Å². The van der Waals surface area contributed by atoms with Crippen molar-refractivity contribution in [2.75, 3.05) is 0 Å². The highest BCUT2D eigenvalue weighted by atomic mass is 35.5. The lowest BCUT2D eigenvalue weighted by Gasteiger charge is -2.03. The maximum Gasteiger partial charge on any atom is 0.416 e. The summed E-state index contributed by atoms with van der Waals surface area (Å²) in [6.07, 6.45) is -4.21. The minimum Gasteiger partial charge on any atom is -0.166 e. The monoisotopic (exact) mass is 322 g/mol. The van der Waals surface area contributed by atoms with Gasteiger partial charge in [0.1, 0.15) is 0 Å². The summed E-state index contributed by atoms with van der Waals surface area (Å²) in [4.78, 5) is 0. The molecule has 0 spiro atoms. The third kappa shape index (κ3) is 8.08. The van der Waals surface area contributed by atoms with Gasteiger partial charge in [-0.15, -0.1) is 0 Å². The number of hydrogen-bond donors (Lipinski definition) is 0. The zero-order valence-electron chi connectivity index (χ0n) is 11.1. The van der Waals surface area contributed by atoms with Crippen LogP contribution in [0.4, 0.5) is 13.2 Å². The van der Waals surface area contributed by atoms with Crippen LogP contribution < -0.4 is 0 Å². The fraction of sp³-hybridized carbons (Fsp3) is 0.200. The van der Waals surface area contributed by atoms with Gasteiger partial charge >= 0.3 is 6.18 Å². The molecule has 0 aliphatic carbocycles. The van der Waals surface area contributed by atoms with E-state index >= 15 is 0 Å². The second kappa shape index (κ2) is 9.67. The first-order chi connectivity index (χ1) is 9.39. The van der Waals surface area contributed by atoms with Crippen molar-refractivity contribution in [3.63, 3.8) is 0 Å². The molecule has 0 aromatic heterocycles. The predicted molar refractivity (Wildman–Crippen MR) is 79.3 cm³/mol. The Morgan fingerprint density at radius 3 is 1.45 bits per heavy atom. The third-order valence-corrected chi connectivity index (χ3v) is 2.36. The van der Waals surface area contributed by atoms with Gasteiger partial charge in [-0.3, -0.25) is 0 Å². The van der Waals surface area contributed by atoms with Gasteiger partial charge in [-0.1, -0.05) is 73.4 Å². The molecule has 2 aromatic carbocycles. The standard InChI is InChI=1S/C7H5F3.C6H4Cl2.C2H6/c8-7(9,10)6-4-2-1-3-5-6;7-5-2-1-3-6(8)4-5;1-2/h1-5H;1-4H;1-2H3. The van der Waals surface area contributed by atoms with E-state index in [1.54, 1.807) is 24.3 Å². The summed E-state index contributed by atoms with van der Waals surface area (Å²) in [5.41, 5.74) is -0.602. The van der Waals surface area contributed by atoms with Gasteiger partial charge in [0.25, 0.3) is 0 Å². The van der Waals surface area contributed by atoms with Gasteiger partial charge in [0.15, 0.2) is 0 Å². The summed E-state index contributed by atoms with van der Waals surface area (Å²) in [5.74, 6) is 0. The molecular formula is C15H15Cl2F3. The lowest BCUT2D eigenvalue weighted by atomic mass is 10.2. The Balaban J connectivity index is 0.000000327. The quantitative estimate of drug-likeness (QED) is 0.504. The van der Waals surface area contributed by atoms with Crippen LogP contribution in [0.15, 0.2) is 54.6 Å². The summed E-state index contributed by atoms with van der Waals surface area (Å²) in [6, 6.07) is 13.4. The summed E-state index contributed by atoms with van der Waals surface area (Å²) in [7, 11) is 0. The second-order valence-electron chi connectivity index (χ2n) is 3.30. The van der Waals surface area contributed by atoms with Crippen LogP contribution in [0.2, 0.25) is 10.0 Å². The van der Waals surface area contributed by atoms with Crippen LogP contribution in [0.25, 0.3) is 0 Å². The number of hydrogen-bond acceptors (Lipinski definition) is 0. The van der Waals surface area contributed by atoms with E-state index in [-0.39, 0.29) is 0 Å². The van der Waals surface area contributed by atoms with E-state index in [2.05, 4.69) is 0 Å². The highest BCUT2D eigenvalue weighted by Gasteiger charge is 2.29. The van der Waals surface area contributed by atoms with Crippen LogP contribution in [-0.4, -0.2) is 0 Å². The van der Waals surface area contributed by atoms with E-state index < -0.39 is 11.7 Å². The molecule has 0 saturated carbocycles. The van der Waals surface area contributed by atoms with Crippen LogP contribution in [0.5, 0.6) is 0 Å². The van der Waals surface area contributed by atoms with E-state index in [1.165, 1.54) is 12.1 Å². The van der Waals surface area contributed by atoms with E-state index in [0.29, 0.717) is 10.0 Å². The summed E-state index contributed by atoms with van der Waals surface area (Å²) >= 11 is 11.1. The minimum atomic E-state index is -4.21. The summed E-state index contributed by atoms with van der Waals surface area (Å²) in [6.45, 7) is 4.00. The van der Waals surface area contributed by atoms with Gasteiger partial charge < -0.3 is 0 Å². The molecule has 0 atom stereocenters. The molecule has 0 amide bonds. The smallest absolute Gasteiger partial charge is 0.166 e. The molecule has 2 rings (SSSR count). The van der Waals surface area contributed by atoms with Crippen molar-refractivity contribution in [2.45, 2.75) is 20.0 Å². The topological polar surface area (TPSA) is 0 Å². The maximum atomic E-state index is 11.8. The number of rotatable bonds is 0. The van der Waals surface area contributed by atoms with Crippen molar-refractivity contribution >= 4 is 23.2 Å². The fourth-order valence-corrected chi connectivity index (χ4v) is 1.52. The highest BCUT2D eigenvalue weighted by molar-refractivity contribution is 6.34. The Kier molecular flexibility index (Phi) is 9.10. The first-order valence-corrected chi connectivity index (χ1v) is 6.68. The van der Waals surface area contributed by atoms with Crippen molar-refractivity contribution in [3.8, 4) is 0 Å². The van der Waals surface area contributed by atoms with Crippen LogP contribution in [0.3, 0.4) is 0 Å². The molecule has 0 aliphatic rings. The first kappa shape index (κ1) is 18.8. The normalized spacial score (nSPS) is 9.75. The van der Waals surface area contributed by atoms with E-state index in [4.69, 9.17) is 23.2 Å². The van der Waals surface area contributed by atoms with Gasteiger partial charge in [0.2, 0.25) is 0 Å². The van der Waals surface area contributed by atoms with Gasteiger partial charge in [0, 0.05) is 10.0 Å². The molecule has 0 nitrogen and oxygen atoms in total. The molecule has 2 aromatic rings. The second-order valence-corrected chi connectivity index (χ2v) is 4.18. The van der Waals surface area contributed by atoms with Crippen LogP contribution >= 0.6 is 23.2 Å². The summed E-state index contributed by atoms with van der Waals surface area (Å²) < 4.78 is 35.4. The van der Waals surface area contributed by atoms with Gasteiger partial charge in [0.05, 0.1) is 5.56 Å². The molecule has 0 radical (unpaired) electrons. The lowest BCUT2D eigenvalue weighted by molar-refractivity contribution is -0.137. The number of alkyl halides is 3. The molecule has 20 heavy (non-hydrogen) atoms. The molecule has 0 unspecified atom stereocenters. The maximum absolute atomic E-state index is 11.8. The molecule has 0 saturated heterocycles. The Hall–Kier alpha value is -1.19. The molecular weight excluding hydrogens is 308 g/mol. The largest absolute Gasteiger partial charge is 0.416 e. The van der Waals surface area contributed by atoms with Crippen molar-refractivity contribution in [3.05, 3.63) is 70.2 Å². The molecule has 110 valence electrons. The molecule has 0 aliphatic heterocycles. The van der Waals surface area contributed by atoms with Gasteiger partial charge in [-0.05, 0) is 18.2 Å². The molecule has 5 heteroatoms. The number of benzene rings is 2. The molecule has 0 fully saturated rings. The van der Waals surface area contributed by atoms with Crippen molar-refractivity contribution in [1.29, 1.82) is 0 Å². The van der Waals surface area contributed by atoms with E-state index in [0.717, 1.165) is 12.1 Å². The lowest BCUT2D eigenvalue weighted by Crippen LogP contribution is -2.03. The molecule has 0 heterocycles. The average Bonchev–Trinajstić information content (AvgIpc) is 2.41. The van der Waals surface area contributed by atoms with Crippen LogP contribution in [-0.2, 0) is 6.18 Å². The van der Waals surface area contributed by atoms with Crippen LogP contribution in [0.1, 0.15) is 19.4 Å². The number of halogens is 5. The average molecular weight is 323 g/mol. The first-order valence-electron chi connectivity index (χ1n) is 5.93.